The summed E-state index contributed by atoms with van der Waals surface area (Å²) < 4.78 is 0. The highest BCUT2D eigenvalue weighted by Gasteiger charge is 2.23. The summed E-state index contributed by atoms with van der Waals surface area (Å²) in [4.78, 5) is 11.2. The van der Waals surface area contributed by atoms with E-state index >= 15 is 0 Å². The minimum Gasteiger partial charge on any atom is -0.507 e. The first-order chi connectivity index (χ1) is 8.31. The summed E-state index contributed by atoms with van der Waals surface area (Å²) >= 11 is 0. The van der Waals surface area contributed by atoms with Crippen molar-refractivity contribution in [3.05, 3.63) is 28.3 Å². The monoisotopic (exact) mass is 250 g/mol. The molecule has 1 aromatic carbocycles. The first-order valence-electron chi connectivity index (χ1n) is 6.43. The normalized spacial score (nSPS) is 11.3. The van der Waals surface area contributed by atoms with E-state index in [0.717, 1.165) is 23.1 Å². The number of carboxylic acids is 1. The van der Waals surface area contributed by atoms with Crippen LogP contribution >= 0.6 is 0 Å². The van der Waals surface area contributed by atoms with Crippen molar-refractivity contribution in [3.8, 4) is 5.75 Å². The van der Waals surface area contributed by atoms with Gasteiger partial charge in [-0.2, -0.15) is 0 Å². The molecule has 0 fully saturated rings. The van der Waals surface area contributed by atoms with Crippen molar-refractivity contribution in [2.75, 3.05) is 0 Å². The van der Waals surface area contributed by atoms with E-state index < -0.39 is 5.97 Å². The van der Waals surface area contributed by atoms with Crippen molar-refractivity contribution in [2.24, 2.45) is 0 Å². The third kappa shape index (κ3) is 2.50. The molecule has 0 atom stereocenters. The van der Waals surface area contributed by atoms with Crippen LogP contribution in [0.1, 0.15) is 73.5 Å². The first-order valence-corrected chi connectivity index (χ1v) is 6.43. The van der Waals surface area contributed by atoms with Crippen LogP contribution in [-0.4, -0.2) is 16.2 Å². The number of benzene rings is 1. The number of aromatic carboxylic acids is 1. The van der Waals surface area contributed by atoms with Gasteiger partial charge in [-0.3, -0.25) is 0 Å². The SMILES string of the molecule is CCc1c(C(C)C)cc(C(=O)O)c(O)c1C(C)C. The molecule has 0 heterocycles. The molecule has 2 N–H and O–H groups in total. The van der Waals surface area contributed by atoms with Crippen molar-refractivity contribution in [1.29, 1.82) is 0 Å². The Morgan fingerprint density at radius 3 is 2.11 bits per heavy atom. The number of carbonyl (C=O) groups is 1. The van der Waals surface area contributed by atoms with E-state index in [-0.39, 0.29) is 23.1 Å². The molecule has 0 aliphatic heterocycles. The van der Waals surface area contributed by atoms with Gasteiger partial charge in [0.25, 0.3) is 0 Å². The van der Waals surface area contributed by atoms with Gasteiger partial charge in [-0.25, -0.2) is 4.79 Å². The van der Waals surface area contributed by atoms with Gasteiger partial charge in [0.2, 0.25) is 0 Å². The first kappa shape index (κ1) is 14.6. The maximum Gasteiger partial charge on any atom is 0.339 e. The Bertz CT molecular complexity index is 459. The smallest absolute Gasteiger partial charge is 0.339 e. The fourth-order valence-electron chi connectivity index (χ4n) is 2.45. The lowest BCUT2D eigenvalue weighted by Gasteiger charge is -2.21. The molecular weight excluding hydrogens is 228 g/mol. The molecule has 1 aromatic rings. The lowest BCUT2D eigenvalue weighted by molar-refractivity contribution is 0.0693. The summed E-state index contributed by atoms with van der Waals surface area (Å²) in [6.07, 6.45) is 0.800. The van der Waals surface area contributed by atoms with Crippen LogP contribution < -0.4 is 0 Å². The maximum absolute atomic E-state index is 11.2. The number of rotatable bonds is 4. The molecule has 18 heavy (non-hydrogen) atoms. The minimum atomic E-state index is -1.07. The van der Waals surface area contributed by atoms with Crippen LogP contribution in [0.4, 0.5) is 0 Å². The van der Waals surface area contributed by atoms with Crippen LogP contribution in [0.15, 0.2) is 6.07 Å². The molecule has 0 spiro atoms. The van der Waals surface area contributed by atoms with Crippen molar-refractivity contribution < 1.29 is 15.0 Å². The van der Waals surface area contributed by atoms with Crippen LogP contribution in [0.25, 0.3) is 0 Å². The van der Waals surface area contributed by atoms with Crippen LogP contribution in [0.5, 0.6) is 5.75 Å². The van der Waals surface area contributed by atoms with Crippen molar-refractivity contribution in [3.63, 3.8) is 0 Å². The van der Waals surface area contributed by atoms with Crippen LogP contribution in [0.3, 0.4) is 0 Å². The summed E-state index contributed by atoms with van der Waals surface area (Å²) in [5.74, 6) is -0.786. The van der Waals surface area contributed by atoms with Gasteiger partial charge in [0.1, 0.15) is 11.3 Å². The average Bonchev–Trinajstić information content (AvgIpc) is 2.26. The van der Waals surface area contributed by atoms with Gasteiger partial charge in [0.15, 0.2) is 0 Å². The average molecular weight is 250 g/mol. The van der Waals surface area contributed by atoms with E-state index in [1.165, 1.54) is 0 Å². The highest BCUT2D eigenvalue weighted by molar-refractivity contribution is 5.92. The lowest BCUT2D eigenvalue weighted by atomic mass is 9.84. The van der Waals surface area contributed by atoms with Gasteiger partial charge in [0.05, 0.1) is 0 Å². The molecule has 0 unspecified atom stereocenters. The molecular formula is C15H22O3. The molecule has 0 saturated carbocycles. The van der Waals surface area contributed by atoms with E-state index in [4.69, 9.17) is 0 Å². The summed E-state index contributed by atoms with van der Waals surface area (Å²) in [7, 11) is 0. The Balaban J connectivity index is 3.69. The Morgan fingerprint density at radius 2 is 1.78 bits per heavy atom. The Labute approximate surface area is 108 Å². The highest BCUT2D eigenvalue weighted by Crippen LogP contribution is 2.37. The number of aromatic hydroxyl groups is 1. The van der Waals surface area contributed by atoms with Crippen molar-refractivity contribution in [2.45, 2.75) is 52.9 Å². The lowest BCUT2D eigenvalue weighted by Crippen LogP contribution is -2.08. The fourth-order valence-corrected chi connectivity index (χ4v) is 2.45. The van der Waals surface area contributed by atoms with Gasteiger partial charge in [0, 0.05) is 5.56 Å². The topological polar surface area (TPSA) is 57.5 Å². The molecule has 0 aliphatic carbocycles. The molecule has 3 nitrogen and oxygen atoms in total. The summed E-state index contributed by atoms with van der Waals surface area (Å²) in [6, 6.07) is 1.62. The van der Waals surface area contributed by atoms with E-state index in [0.29, 0.717) is 0 Å². The van der Waals surface area contributed by atoms with Gasteiger partial charge in [-0.05, 0) is 35.4 Å². The predicted octanol–water partition coefficient (Wildman–Crippen LogP) is 3.90. The summed E-state index contributed by atoms with van der Waals surface area (Å²) in [5.41, 5.74) is 2.90. The Hall–Kier alpha value is -1.51. The zero-order valence-corrected chi connectivity index (χ0v) is 11.7. The standard InChI is InChI=1S/C15H22O3/c1-6-10-11(8(2)3)7-12(15(17)18)14(16)13(10)9(4)5/h7-9,16H,6H2,1-5H3,(H,17,18). The van der Waals surface area contributed by atoms with E-state index in [1.54, 1.807) is 6.07 Å². The molecule has 1 rings (SSSR count). The van der Waals surface area contributed by atoms with E-state index in [9.17, 15) is 15.0 Å². The molecule has 3 heteroatoms. The number of hydrogen-bond acceptors (Lipinski definition) is 2. The molecule has 0 bridgehead atoms. The molecule has 0 aromatic heterocycles. The van der Waals surface area contributed by atoms with Crippen LogP contribution in [0, 0.1) is 0 Å². The third-order valence-electron chi connectivity index (χ3n) is 3.27. The number of carboxylic acid groups (broad SMARTS) is 1. The van der Waals surface area contributed by atoms with Crippen molar-refractivity contribution >= 4 is 5.97 Å². The fraction of sp³-hybridized carbons (Fsp3) is 0.533. The zero-order chi connectivity index (χ0) is 14.0. The highest BCUT2D eigenvalue weighted by atomic mass is 16.4. The molecule has 0 aliphatic rings. The van der Waals surface area contributed by atoms with Gasteiger partial charge in [-0.15, -0.1) is 0 Å². The van der Waals surface area contributed by atoms with E-state index in [2.05, 4.69) is 0 Å². The predicted molar refractivity (Wildman–Crippen MR) is 72.6 cm³/mol. The minimum absolute atomic E-state index is 0.0135. The molecule has 0 saturated heterocycles. The molecule has 100 valence electrons. The Morgan fingerprint density at radius 1 is 1.22 bits per heavy atom. The van der Waals surface area contributed by atoms with Gasteiger partial charge in [-0.1, -0.05) is 34.6 Å². The summed E-state index contributed by atoms with van der Waals surface area (Å²) in [6.45, 7) is 10.1. The van der Waals surface area contributed by atoms with Crippen LogP contribution in [-0.2, 0) is 6.42 Å². The maximum atomic E-state index is 11.2. The largest absolute Gasteiger partial charge is 0.507 e. The summed E-state index contributed by atoms with van der Waals surface area (Å²) in [5, 5.41) is 19.3. The van der Waals surface area contributed by atoms with Crippen molar-refractivity contribution in [1.82, 2.24) is 0 Å². The number of phenols is 1. The molecule has 0 amide bonds. The molecule has 0 radical (unpaired) electrons. The number of hydrogen-bond donors (Lipinski definition) is 2. The van der Waals surface area contributed by atoms with Gasteiger partial charge < -0.3 is 10.2 Å². The third-order valence-corrected chi connectivity index (χ3v) is 3.27. The zero-order valence-electron chi connectivity index (χ0n) is 11.7. The van der Waals surface area contributed by atoms with Gasteiger partial charge >= 0.3 is 5.97 Å². The Kier molecular flexibility index (Phi) is 4.38. The second-order valence-electron chi connectivity index (χ2n) is 5.22. The van der Waals surface area contributed by atoms with Crippen LogP contribution in [0.2, 0.25) is 0 Å². The second kappa shape index (κ2) is 5.42. The van der Waals surface area contributed by atoms with E-state index in [1.807, 2.05) is 34.6 Å². The second-order valence-corrected chi connectivity index (χ2v) is 5.22. The quantitative estimate of drug-likeness (QED) is 0.852.